The molecule has 78 valence electrons. The van der Waals surface area contributed by atoms with Crippen LogP contribution in [-0.2, 0) is 9.53 Å². The van der Waals surface area contributed by atoms with Crippen molar-refractivity contribution < 1.29 is 9.53 Å². The topological polar surface area (TPSA) is 26.3 Å². The van der Waals surface area contributed by atoms with Gasteiger partial charge in [0.2, 0.25) is 0 Å². The van der Waals surface area contributed by atoms with E-state index in [0.717, 1.165) is 18.6 Å². The first kappa shape index (κ1) is 9.75. The van der Waals surface area contributed by atoms with Crippen LogP contribution in [0.15, 0.2) is 11.8 Å². The van der Waals surface area contributed by atoms with Crippen molar-refractivity contribution in [2.75, 3.05) is 0 Å². The lowest BCUT2D eigenvalue weighted by Gasteiger charge is -2.25. The Morgan fingerprint density at radius 1 is 1.07 bits per heavy atom. The van der Waals surface area contributed by atoms with Crippen LogP contribution in [0.5, 0.6) is 0 Å². The summed E-state index contributed by atoms with van der Waals surface area (Å²) >= 11 is 0. The average molecular weight is 194 g/mol. The molecular formula is C12H18O2. The molecule has 1 fully saturated rings. The third-order valence-electron chi connectivity index (χ3n) is 3.04. The molecule has 0 N–H and O–H groups in total. The van der Waals surface area contributed by atoms with Crippen LogP contribution in [0.2, 0.25) is 0 Å². The highest BCUT2D eigenvalue weighted by atomic mass is 16.5. The van der Waals surface area contributed by atoms with Crippen molar-refractivity contribution in [2.24, 2.45) is 0 Å². The van der Waals surface area contributed by atoms with Crippen LogP contribution in [-0.4, -0.2) is 11.9 Å². The Labute approximate surface area is 85.3 Å². The minimum atomic E-state index is 0.238. The van der Waals surface area contributed by atoms with E-state index in [4.69, 9.17) is 4.74 Å². The van der Waals surface area contributed by atoms with Gasteiger partial charge in [-0.15, -0.1) is 0 Å². The number of hydrogen-bond donors (Lipinski definition) is 0. The predicted molar refractivity (Wildman–Crippen MR) is 54.9 cm³/mol. The maximum atomic E-state index is 11.2. The highest BCUT2D eigenvalue weighted by molar-refractivity contribution is 5.90. The van der Waals surface area contributed by atoms with Crippen LogP contribution in [0.3, 0.4) is 0 Å². The van der Waals surface area contributed by atoms with Crippen molar-refractivity contribution in [1.82, 2.24) is 0 Å². The van der Waals surface area contributed by atoms with Crippen LogP contribution in [0, 0.1) is 0 Å². The van der Waals surface area contributed by atoms with Crippen molar-refractivity contribution in [3.8, 4) is 0 Å². The van der Waals surface area contributed by atoms with Crippen LogP contribution in [0.1, 0.15) is 51.4 Å². The van der Waals surface area contributed by atoms with Gasteiger partial charge in [0.1, 0.15) is 0 Å². The average Bonchev–Trinajstić information content (AvgIpc) is 2.19. The van der Waals surface area contributed by atoms with Gasteiger partial charge in [-0.1, -0.05) is 6.42 Å². The molecule has 14 heavy (non-hydrogen) atoms. The molecule has 0 radical (unpaired) electrons. The van der Waals surface area contributed by atoms with Gasteiger partial charge in [0.05, 0.1) is 11.9 Å². The highest BCUT2D eigenvalue weighted by Gasteiger charge is 2.18. The largest absolute Gasteiger partial charge is 0.495 e. The van der Waals surface area contributed by atoms with Crippen LogP contribution < -0.4 is 0 Å². The minimum absolute atomic E-state index is 0.238. The number of carbonyl (C=O) groups is 1. The Hall–Kier alpha value is -0.790. The lowest BCUT2D eigenvalue weighted by atomic mass is 9.97. The Morgan fingerprint density at radius 3 is 2.57 bits per heavy atom. The predicted octanol–water partition coefficient (Wildman–Crippen LogP) is 2.97. The third kappa shape index (κ3) is 2.60. The molecule has 0 saturated heterocycles. The van der Waals surface area contributed by atoms with Gasteiger partial charge in [-0.2, -0.15) is 0 Å². The summed E-state index contributed by atoms with van der Waals surface area (Å²) in [6, 6.07) is 0. The number of hydrogen-bond acceptors (Lipinski definition) is 2. The Kier molecular flexibility index (Phi) is 3.22. The van der Waals surface area contributed by atoms with Gasteiger partial charge in [-0.3, -0.25) is 4.79 Å². The zero-order chi connectivity index (χ0) is 9.80. The van der Waals surface area contributed by atoms with Gasteiger partial charge in [-0.05, 0) is 32.1 Å². The maximum Gasteiger partial charge on any atom is 0.159 e. The molecule has 1 saturated carbocycles. The van der Waals surface area contributed by atoms with Gasteiger partial charge in [0, 0.05) is 18.9 Å². The summed E-state index contributed by atoms with van der Waals surface area (Å²) in [5.41, 5.74) is 0. The summed E-state index contributed by atoms with van der Waals surface area (Å²) in [4.78, 5) is 11.2. The number of carbonyl (C=O) groups excluding carboxylic acids is 1. The van der Waals surface area contributed by atoms with Crippen molar-refractivity contribution in [2.45, 2.75) is 57.5 Å². The second-order valence-electron chi connectivity index (χ2n) is 4.31. The monoisotopic (exact) mass is 194 g/mol. The molecule has 2 aliphatic carbocycles. The minimum Gasteiger partial charge on any atom is -0.495 e. The number of ketones is 1. The first-order valence-electron chi connectivity index (χ1n) is 5.74. The molecular weight excluding hydrogens is 176 g/mol. The molecule has 0 heterocycles. The van der Waals surface area contributed by atoms with Crippen LogP contribution >= 0.6 is 0 Å². The van der Waals surface area contributed by atoms with Gasteiger partial charge >= 0.3 is 0 Å². The van der Waals surface area contributed by atoms with E-state index >= 15 is 0 Å². The van der Waals surface area contributed by atoms with Gasteiger partial charge in [0.15, 0.2) is 5.78 Å². The van der Waals surface area contributed by atoms with Gasteiger partial charge in [-0.25, -0.2) is 0 Å². The Bertz CT molecular complexity index is 237. The van der Waals surface area contributed by atoms with Crippen LogP contribution in [0.25, 0.3) is 0 Å². The van der Waals surface area contributed by atoms with Crippen molar-refractivity contribution >= 4 is 5.78 Å². The zero-order valence-electron chi connectivity index (χ0n) is 8.63. The normalized spacial score (nSPS) is 24.6. The molecule has 0 bridgehead atoms. The first-order chi connectivity index (χ1) is 6.84. The quantitative estimate of drug-likeness (QED) is 0.675. The number of rotatable bonds is 2. The molecule has 0 unspecified atom stereocenters. The van der Waals surface area contributed by atoms with E-state index in [9.17, 15) is 4.79 Å². The molecule has 2 heteroatoms. The van der Waals surface area contributed by atoms with E-state index in [2.05, 4.69) is 0 Å². The first-order valence-corrected chi connectivity index (χ1v) is 5.74. The zero-order valence-corrected chi connectivity index (χ0v) is 8.63. The van der Waals surface area contributed by atoms with E-state index in [0.29, 0.717) is 12.5 Å². The second-order valence-corrected chi connectivity index (χ2v) is 4.31. The fraction of sp³-hybridized carbons (Fsp3) is 0.750. The summed E-state index contributed by atoms with van der Waals surface area (Å²) in [5.74, 6) is 1.18. The Morgan fingerprint density at radius 2 is 1.86 bits per heavy atom. The summed E-state index contributed by atoms with van der Waals surface area (Å²) < 4.78 is 5.84. The summed E-state index contributed by atoms with van der Waals surface area (Å²) in [7, 11) is 0. The van der Waals surface area contributed by atoms with Crippen molar-refractivity contribution in [3.05, 3.63) is 11.8 Å². The van der Waals surface area contributed by atoms with Gasteiger partial charge in [0.25, 0.3) is 0 Å². The molecule has 2 rings (SSSR count). The molecule has 0 spiro atoms. The Balaban J connectivity index is 1.86. The molecule has 0 aliphatic heterocycles. The van der Waals surface area contributed by atoms with Crippen molar-refractivity contribution in [3.63, 3.8) is 0 Å². The summed E-state index contributed by atoms with van der Waals surface area (Å²) in [6.45, 7) is 0. The standard InChI is InChI=1S/C12H18O2/c13-10-5-4-8-12(9-10)14-11-6-2-1-3-7-11/h9,11H,1-8H2. The van der Waals surface area contributed by atoms with E-state index in [1.807, 2.05) is 0 Å². The molecule has 0 aromatic heterocycles. The molecule has 2 aliphatic rings. The summed E-state index contributed by atoms with van der Waals surface area (Å²) in [6.07, 6.45) is 11.0. The fourth-order valence-electron chi connectivity index (χ4n) is 2.25. The van der Waals surface area contributed by atoms with E-state index in [1.54, 1.807) is 6.08 Å². The van der Waals surface area contributed by atoms with E-state index < -0.39 is 0 Å². The highest BCUT2D eigenvalue weighted by Crippen LogP contribution is 2.25. The number of allylic oxidation sites excluding steroid dienone is 2. The van der Waals surface area contributed by atoms with Crippen molar-refractivity contribution in [1.29, 1.82) is 0 Å². The molecule has 2 nitrogen and oxygen atoms in total. The van der Waals surface area contributed by atoms with E-state index in [-0.39, 0.29) is 5.78 Å². The molecule has 0 atom stereocenters. The lowest BCUT2D eigenvalue weighted by molar-refractivity contribution is -0.115. The third-order valence-corrected chi connectivity index (χ3v) is 3.04. The smallest absolute Gasteiger partial charge is 0.159 e. The van der Waals surface area contributed by atoms with E-state index in [1.165, 1.54) is 32.1 Å². The second kappa shape index (κ2) is 4.63. The SMILES string of the molecule is O=C1C=C(OC2CCCCC2)CCC1. The molecule has 0 amide bonds. The maximum absolute atomic E-state index is 11.2. The van der Waals surface area contributed by atoms with Crippen LogP contribution in [0.4, 0.5) is 0 Å². The fourth-order valence-corrected chi connectivity index (χ4v) is 2.25. The number of ether oxygens (including phenoxy) is 1. The van der Waals surface area contributed by atoms with Gasteiger partial charge < -0.3 is 4.74 Å². The molecule has 0 aromatic carbocycles. The summed E-state index contributed by atoms with van der Waals surface area (Å²) in [5, 5.41) is 0. The lowest BCUT2D eigenvalue weighted by Crippen LogP contribution is -2.18. The molecule has 0 aromatic rings.